The molecule has 0 N–H and O–H groups in total. The van der Waals surface area contributed by atoms with Gasteiger partial charge in [-0.2, -0.15) is 0 Å². The van der Waals surface area contributed by atoms with Crippen molar-refractivity contribution in [2.75, 3.05) is 6.61 Å². The Morgan fingerprint density at radius 3 is 2.39 bits per heavy atom. The van der Waals surface area contributed by atoms with Gasteiger partial charge in [0, 0.05) is 18.9 Å². The maximum absolute atomic E-state index is 12.3. The van der Waals surface area contributed by atoms with Gasteiger partial charge in [-0.1, -0.05) is 30.3 Å². The van der Waals surface area contributed by atoms with Gasteiger partial charge in [-0.25, -0.2) is 8.42 Å². The molecule has 1 aromatic carbocycles. The number of sulfone groups is 1. The molecular formula is C18H24O4S. The summed E-state index contributed by atoms with van der Waals surface area (Å²) >= 11 is 0. The summed E-state index contributed by atoms with van der Waals surface area (Å²) in [6.45, 7) is 1.14. The number of benzene rings is 1. The van der Waals surface area contributed by atoms with Crippen LogP contribution in [-0.4, -0.2) is 31.3 Å². The summed E-state index contributed by atoms with van der Waals surface area (Å²) in [4.78, 5) is 12.3. The third-order valence-corrected chi connectivity index (χ3v) is 7.83. The fourth-order valence-corrected chi connectivity index (χ4v) is 6.26. The van der Waals surface area contributed by atoms with Crippen LogP contribution in [0.3, 0.4) is 0 Å². The number of carbonyl (C=O) groups excluding carboxylic acids is 1. The monoisotopic (exact) mass is 336 g/mol. The molecule has 2 heterocycles. The van der Waals surface area contributed by atoms with Gasteiger partial charge < -0.3 is 4.74 Å². The van der Waals surface area contributed by atoms with Gasteiger partial charge in [0.2, 0.25) is 0 Å². The average Bonchev–Trinajstić information content (AvgIpc) is 2.73. The molecule has 0 amide bonds. The average molecular weight is 336 g/mol. The first kappa shape index (κ1) is 16.7. The number of hydrogen-bond donors (Lipinski definition) is 0. The molecular weight excluding hydrogens is 312 g/mol. The zero-order valence-corrected chi connectivity index (χ0v) is 14.1. The fraction of sp³-hybridized carbons (Fsp3) is 0.611. The summed E-state index contributed by atoms with van der Waals surface area (Å²) in [6, 6.07) is 9.97. The van der Waals surface area contributed by atoms with E-state index < -0.39 is 9.84 Å². The van der Waals surface area contributed by atoms with Crippen molar-refractivity contribution in [1.29, 1.82) is 0 Å². The van der Waals surface area contributed by atoms with Gasteiger partial charge in [-0.3, -0.25) is 4.79 Å². The minimum atomic E-state index is -2.93. The van der Waals surface area contributed by atoms with Crippen LogP contribution in [0.5, 0.6) is 0 Å². The molecule has 0 radical (unpaired) electrons. The molecule has 2 aliphatic heterocycles. The van der Waals surface area contributed by atoms with Crippen LogP contribution in [-0.2, 0) is 26.0 Å². The molecule has 0 spiro atoms. The van der Waals surface area contributed by atoms with Crippen LogP contribution in [0, 0.1) is 5.92 Å². The first-order valence-corrected chi connectivity index (χ1v) is 10.1. The van der Waals surface area contributed by atoms with Crippen molar-refractivity contribution in [2.24, 2.45) is 5.92 Å². The highest BCUT2D eigenvalue weighted by molar-refractivity contribution is 7.93. The van der Waals surface area contributed by atoms with Crippen molar-refractivity contribution in [3.8, 4) is 0 Å². The molecule has 2 bridgehead atoms. The molecule has 2 saturated heterocycles. The number of ether oxygens (including phenoxy) is 1. The molecule has 0 saturated carbocycles. The molecule has 2 aliphatic rings. The lowest BCUT2D eigenvalue weighted by atomic mass is 9.92. The van der Waals surface area contributed by atoms with Gasteiger partial charge in [-0.15, -0.1) is 0 Å². The first-order chi connectivity index (χ1) is 11.1. The van der Waals surface area contributed by atoms with E-state index in [1.807, 2.05) is 30.3 Å². The van der Waals surface area contributed by atoms with Crippen LogP contribution >= 0.6 is 0 Å². The summed E-state index contributed by atoms with van der Waals surface area (Å²) in [5, 5.41) is -0.519. The Morgan fingerprint density at radius 1 is 1.09 bits per heavy atom. The maximum atomic E-state index is 12.3. The fourth-order valence-electron chi connectivity index (χ4n) is 3.79. The summed E-state index contributed by atoms with van der Waals surface area (Å²) in [6.07, 6.45) is 3.79. The Bertz CT molecular complexity index is 618. The molecule has 3 rings (SSSR count). The van der Waals surface area contributed by atoms with Crippen molar-refractivity contribution < 1.29 is 17.9 Å². The molecule has 0 aliphatic carbocycles. The van der Waals surface area contributed by atoms with Gasteiger partial charge in [-0.05, 0) is 37.7 Å². The molecule has 2 atom stereocenters. The summed E-state index contributed by atoms with van der Waals surface area (Å²) in [5.41, 5.74) is 1.13. The predicted octanol–water partition coefficient (Wildman–Crippen LogP) is 2.91. The lowest BCUT2D eigenvalue weighted by molar-refractivity contribution is -0.123. The normalized spacial score (nSPS) is 28.6. The minimum Gasteiger partial charge on any atom is -0.377 e. The Balaban J connectivity index is 1.37. The van der Waals surface area contributed by atoms with Crippen LogP contribution in [0.4, 0.5) is 0 Å². The summed E-state index contributed by atoms with van der Waals surface area (Å²) in [7, 11) is -2.93. The van der Waals surface area contributed by atoms with E-state index >= 15 is 0 Å². The van der Waals surface area contributed by atoms with Crippen LogP contribution < -0.4 is 0 Å². The first-order valence-electron chi connectivity index (χ1n) is 8.44. The van der Waals surface area contributed by atoms with Crippen molar-refractivity contribution in [2.45, 2.75) is 55.6 Å². The van der Waals surface area contributed by atoms with Crippen LogP contribution in [0.15, 0.2) is 30.3 Å². The van der Waals surface area contributed by atoms with Crippen molar-refractivity contribution >= 4 is 15.6 Å². The highest BCUT2D eigenvalue weighted by Crippen LogP contribution is 2.41. The van der Waals surface area contributed by atoms with Crippen molar-refractivity contribution in [3.05, 3.63) is 35.9 Å². The van der Waals surface area contributed by atoms with E-state index in [-0.39, 0.29) is 22.2 Å². The summed E-state index contributed by atoms with van der Waals surface area (Å²) < 4.78 is 29.7. The zero-order valence-electron chi connectivity index (χ0n) is 13.3. The molecule has 4 nitrogen and oxygen atoms in total. The second kappa shape index (κ2) is 7.14. The van der Waals surface area contributed by atoms with E-state index in [9.17, 15) is 13.2 Å². The number of fused-ring (bicyclic) bond motifs is 2. The van der Waals surface area contributed by atoms with Gasteiger partial charge >= 0.3 is 0 Å². The molecule has 5 heteroatoms. The van der Waals surface area contributed by atoms with E-state index in [2.05, 4.69) is 0 Å². The summed E-state index contributed by atoms with van der Waals surface area (Å²) in [5.74, 6) is 0.172. The second-order valence-electron chi connectivity index (χ2n) is 6.69. The SMILES string of the molecule is O=C(CCCOCc1ccccc1)C1CC2CCC(C1)S2(=O)=O. The number of Topliss-reactive ketones (excluding diaryl/α,β-unsaturated/α-hetero) is 1. The quantitative estimate of drug-likeness (QED) is 0.718. The van der Waals surface area contributed by atoms with Gasteiger partial charge in [0.05, 0.1) is 17.1 Å². The van der Waals surface area contributed by atoms with E-state index in [0.717, 1.165) is 18.4 Å². The highest BCUT2D eigenvalue weighted by Gasteiger charge is 2.48. The van der Waals surface area contributed by atoms with E-state index in [1.54, 1.807) is 0 Å². The molecule has 0 aromatic heterocycles. The lowest BCUT2D eigenvalue weighted by Crippen LogP contribution is -2.36. The van der Waals surface area contributed by atoms with Gasteiger partial charge in [0.25, 0.3) is 0 Å². The van der Waals surface area contributed by atoms with E-state index in [1.165, 1.54) is 0 Å². The Kier molecular flexibility index (Phi) is 5.17. The highest BCUT2D eigenvalue weighted by atomic mass is 32.2. The van der Waals surface area contributed by atoms with Gasteiger partial charge in [0.1, 0.15) is 5.78 Å². The van der Waals surface area contributed by atoms with E-state index in [0.29, 0.717) is 38.9 Å². The van der Waals surface area contributed by atoms with Crippen molar-refractivity contribution in [1.82, 2.24) is 0 Å². The Labute approximate surface area is 138 Å². The maximum Gasteiger partial charge on any atom is 0.156 e. The number of carbonyl (C=O) groups is 1. The Hall–Kier alpha value is -1.20. The number of ketones is 1. The lowest BCUT2D eigenvalue weighted by Gasteiger charge is -2.26. The zero-order chi connectivity index (χ0) is 16.3. The number of hydrogen-bond acceptors (Lipinski definition) is 4. The third-order valence-electron chi connectivity index (χ3n) is 5.11. The predicted molar refractivity (Wildman–Crippen MR) is 88.8 cm³/mol. The largest absolute Gasteiger partial charge is 0.377 e. The molecule has 23 heavy (non-hydrogen) atoms. The number of rotatable bonds is 7. The third kappa shape index (κ3) is 3.83. The Morgan fingerprint density at radius 2 is 1.74 bits per heavy atom. The topological polar surface area (TPSA) is 60.4 Å². The van der Waals surface area contributed by atoms with Crippen molar-refractivity contribution in [3.63, 3.8) is 0 Å². The standard InChI is InChI=1S/C18H24O4S/c19-18(7-4-10-22-13-14-5-2-1-3-6-14)15-11-16-8-9-17(12-15)23(16,20)21/h1-3,5-6,15-17H,4,7-13H2. The second-order valence-corrected chi connectivity index (χ2v) is 9.20. The smallest absolute Gasteiger partial charge is 0.156 e. The minimum absolute atomic E-state index is 0.0508. The molecule has 1 aromatic rings. The molecule has 2 fully saturated rings. The van der Waals surface area contributed by atoms with Crippen LogP contribution in [0.25, 0.3) is 0 Å². The molecule has 2 unspecified atom stereocenters. The van der Waals surface area contributed by atoms with Crippen LogP contribution in [0.1, 0.15) is 44.1 Å². The van der Waals surface area contributed by atoms with Crippen LogP contribution in [0.2, 0.25) is 0 Å². The molecule has 126 valence electrons. The van der Waals surface area contributed by atoms with Gasteiger partial charge in [0.15, 0.2) is 9.84 Å². The van der Waals surface area contributed by atoms with E-state index in [4.69, 9.17) is 4.74 Å².